The van der Waals surface area contributed by atoms with Crippen LogP contribution in [-0.2, 0) is 22.4 Å². The summed E-state index contributed by atoms with van der Waals surface area (Å²) in [6, 6.07) is 17.8. The highest BCUT2D eigenvalue weighted by molar-refractivity contribution is 5.69. The molecule has 2 aromatic rings. The lowest BCUT2D eigenvalue weighted by atomic mass is 10.1. The van der Waals surface area contributed by atoms with E-state index in [0.29, 0.717) is 26.3 Å². The number of ether oxygens (including phenoxy) is 3. The van der Waals surface area contributed by atoms with Crippen molar-refractivity contribution in [2.24, 2.45) is 0 Å². The second kappa shape index (κ2) is 8.53. The summed E-state index contributed by atoms with van der Waals surface area (Å²) < 4.78 is 16.2. The zero-order valence-corrected chi connectivity index (χ0v) is 14.4. The Morgan fingerprint density at radius 2 is 1.84 bits per heavy atom. The fourth-order valence-electron chi connectivity index (χ4n) is 2.76. The minimum Gasteiger partial charge on any atom is -0.490 e. The summed E-state index contributed by atoms with van der Waals surface area (Å²) in [5.41, 5.74) is 2.29. The molecule has 0 N–H and O–H groups in total. The van der Waals surface area contributed by atoms with Gasteiger partial charge in [-0.3, -0.25) is 0 Å². The van der Waals surface area contributed by atoms with Crippen LogP contribution in [0.2, 0.25) is 0 Å². The number of hydrogen-bond acceptors (Lipinski definition) is 4. The van der Waals surface area contributed by atoms with E-state index in [4.69, 9.17) is 14.2 Å². The molecule has 1 atom stereocenters. The van der Waals surface area contributed by atoms with E-state index < -0.39 is 0 Å². The number of nitrogens with zero attached hydrogens (tertiary/aromatic N) is 1. The summed E-state index contributed by atoms with van der Waals surface area (Å²) in [6.45, 7) is 2.16. The summed E-state index contributed by atoms with van der Waals surface area (Å²) >= 11 is 0. The van der Waals surface area contributed by atoms with E-state index in [1.54, 1.807) is 12.0 Å². The number of amides is 1. The third-order valence-electron chi connectivity index (χ3n) is 4.12. The number of hydrogen-bond donors (Lipinski definition) is 0. The molecule has 25 heavy (non-hydrogen) atoms. The molecule has 0 radical (unpaired) electrons. The molecule has 0 bridgehead atoms. The number of benzene rings is 2. The Bertz CT molecular complexity index is 672. The van der Waals surface area contributed by atoms with E-state index in [0.717, 1.165) is 17.7 Å². The fourth-order valence-corrected chi connectivity index (χ4v) is 2.76. The summed E-state index contributed by atoms with van der Waals surface area (Å²) in [6.07, 6.45) is 0.350. The largest absolute Gasteiger partial charge is 0.490 e. The van der Waals surface area contributed by atoms with Crippen molar-refractivity contribution in [3.05, 3.63) is 65.7 Å². The van der Waals surface area contributed by atoms with Crippen molar-refractivity contribution in [1.29, 1.82) is 0 Å². The van der Waals surface area contributed by atoms with Crippen molar-refractivity contribution >= 4 is 6.09 Å². The van der Waals surface area contributed by atoms with Gasteiger partial charge in [-0.05, 0) is 29.7 Å². The summed E-state index contributed by atoms with van der Waals surface area (Å²) in [4.78, 5) is 13.7. The van der Waals surface area contributed by atoms with Gasteiger partial charge in [0.25, 0.3) is 0 Å². The standard InChI is InChI=1S/C20H23NO4/c1-23-12-11-16-7-9-18(10-8-16)24-15-19-14-21(20(22)25-19)13-17-5-3-2-4-6-17/h2-10,19H,11-15H2,1H3/t19-/m1/s1. The predicted molar refractivity (Wildman–Crippen MR) is 94.6 cm³/mol. The van der Waals surface area contributed by atoms with Gasteiger partial charge in [-0.2, -0.15) is 0 Å². The van der Waals surface area contributed by atoms with Crippen molar-refractivity contribution in [2.45, 2.75) is 19.1 Å². The summed E-state index contributed by atoms with van der Waals surface area (Å²) in [5, 5.41) is 0. The molecule has 0 unspecified atom stereocenters. The number of rotatable bonds is 8. The Morgan fingerprint density at radius 3 is 2.56 bits per heavy atom. The topological polar surface area (TPSA) is 48.0 Å². The van der Waals surface area contributed by atoms with Crippen molar-refractivity contribution < 1.29 is 19.0 Å². The third kappa shape index (κ3) is 4.97. The van der Waals surface area contributed by atoms with E-state index in [1.807, 2.05) is 54.6 Å². The van der Waals surface area contributed by atoms with Crippen LogP contribution in [0.3, 0.4) is 0 Å². The van der Waals surface area contributed by atoms with E-state index in [9.17, 15) is 4.79 Å². The first-order valence-corrected chi connectivity index (χ1v) is 8.45. The molecule has 0 saturated carbocycles. The molecule has 5 heteroatoms. The fraction of sp³-hybridized carbons (Fsp3) is 0.350. The van der Waals surface area contributed by atoms with Gasteiger partial charge in [0, 0.05) is 13.7 Å². The molecule has 1 aliphatic rings. The van der Waals surface area contributed by atoms with Gasteiger partial charge in [0.2, 0.25) is 0 Å². The highest BCUT2D eigenvalue weighted by atomic mass is 16.6. The molecule has 0 aromatic heterocycles. The number of methoxy groups -OCH3 is 1. The molecule has 1 heterocycles. The first-order valence-electron chi connectivity index (χ1n) is 8.45. The molecule has 0 spiro atoms. The zero-order chi connectivity index (χ0) is 17.5. The van der Waals surface area contributed by atoms with E-state index >= 15 is 0 Å². The van der Waals surface area contributed by atoms with Crippen LogP contribution in [-0.4, -0.2) is 44.0 Å². The second-order valence-electron chi connectivity index (χ2n) is 6.07. The van der Waals surface area contributed by atoms with Crippen LogP contribution in [0.25, 0.3) is 0 Å². The molecule has 3 rings (SSSR count). The number of carbonyl (C=O) groups excluding carboxylic acids is 1. The third-order valence-corrected chi connectivity index (χ3v) is 4.12. The monoisotopic (exact) mass is 341 g/mol. The molecular weight excluding hydrogens is 318 g/mol. The molecule has 0 aliphatic carbocycles. The van der Waals surface area contributed by atoms with Crippen LogP contribution in [0.1, 0.15) is 11.1 Å². The minimum atomic E-state index is -0.285. The Morgan fingerprint density at radius 1 is 1.08 bits per heavy atom. The maximum absolute atomic E-state index is 12.0. The average molecular weight is 341 g/mol. The molecule has 2 aromatic carbocycles. The van der Waals surface area contributed by atoms with Gasteiger partial charge in [0.15, 0.2) is 6.10 Å². The lowest BCUT2D eigenvalue weighted by Crippen LogP contribution is -2.26. The minimum absolute atomic E-state index is 0.246. The van der Waals surface area contributed by atoms with E-state index in [2.05, 4.69) is 0 Å². The Kier molecular flexibility index (Phi) is 5.90. The van der Waals surface area contributed by atoms with Crippen molar-refractivity contribution in [3.8, 4) is 5.75 Å². The normalized spacial score (nSPS) is 16.8. The van der Waals surface area contributed by atoms with E-state index in [1.165, 1.54) is 5.56 Å². The Labute approximate surface area is 148 Å². The first-order chi connectivity index (χ1) is 12.2. The van der Waals surface area contributed by atoms with Crippen LogP contribution in [0, 0.1) is 0 Å². The van der Waals surface area contributed by atoms with Gasteiger partial charge in [0.05, 0.1) is 13.2 Å². The quantitative estimate of drug-likeness (QED) is 0.739. The molecule has 1 amide bonds. The lowest BCUT2D eigenvalue weighted by molar-refractivity contribution is 0.102. The van der Waals surface area contributed by atoms with Crippen LogP contribution in [0.4, 0.5) is 4.79 Å². The predicted octanol–water partition coefficient (Wildman–Crippen LogP) is 3.28. The van der Waals surface area contributed by atoms with Crippen LogP contribution < -0.4 is 4.74 Å². The van der Waals surface area contributed by atoms with E-state index in [-0.39, 0.29) is 12.2 Å². The average Bonchev–Trinajstić information content (AvgIpc) is 2.99. The van der Waals surface area contributed by atoms with Crippen LogP contribution >= 0.6 is 0 Å². The van der Waals surface area contributed by atoms with Crippen molar-refractivity contribution in [3.63, 3.8) is 0 Å². The summed E-state index contributed by atoms with van der Waals surface area (Å²) in [5.74, 6) is 0.777. The highest BCUT2D eigenvalue weighted by Gasteiger charge is 2.31. The molecule has 132 valence electrons. The maximum atomic E-state index is 12.0. The van der Waals surface area contributed by atoms with Gasteiger partial charge >= 0.3 is 6.09 Å². The molecule has 5 nitrogen and oxygen atoms in total. The smallest absolute Gasteiger partial charge is 0.410 e. The van der Waals surface area contributed by atoms with Gasteiger partial charge in [0.1, 0.15) is 12.4 Å². The second-order valence-corrected chi connectivity index (χ2v) is 6.07. The maximum Gasteiger partial charge on any atom is 0.410 e. The first kappa shape index (κ1) is 17.3. The van der Waals surface area contributed by atoms with Crippen molar-refractivity contribution in [1.82, 2.24) is 4.90 Å². The lowest BCUT2D eigenvalue weighted by Gasteiger charge is -2.13. The number of carbonyl (C=O) groups is 1. The SMILES string of the molecule is COCCc1ccc(OC[C@H]2CN(Cc3ccccc3)C(=O)O2)cc1. The van der Waals surface area contributed by atoms with Gasteiger partial charge in [-0.25, -0.2) is 4.79 Å². The summed E-state index contributed by atoms with van der Waals surface area (Å²) in [7, 11) is 1.70. The molecule has 1 aliphatic heterocycles. The Balaban J connectivity index is 1.47. The van der Waals surface area contributed by atoms with Crippen molar-refractivity contribution in [2.75, 3.05) is 26.9 Å². The molecular formula is C20H23NO4. The van der Waals surface area contributed by atoms with Gasteiger partial charge in [-0.15, -0.1) is 0 Å². The Hall–Kier alpha value is -2.53. The number of cyclic esters (lactones) is 1. The zero-order valence-electron chi connectivity index (χ0n) is 14.4. The van der Waals surface area contributed by atoms with Crippen LogP contribution in [0.5, 0.6) is 5.75 Å². The van der Waals surface area contributed by atoms with Gasteiger partial charge < -0.3 is 19.1 Å². The van der Waals surface area contributed by atoms with Crippen LogP contribution in [0.15, 0.2) is 54.6 Å². The van der Waals surface area contributed by atoms with Gasteiger partial charge in [-0.1, -0.05) is 42.5 Å². The highest BCUT2D eigenvalue weighted by Crippen LogP contribution is 2.18. The molecule has 1 saturated heterocycles. The molecule has 1 fully saturated rings.